The smallest absolute Gasteiger partial charge is 0.295 e. The van der Waals surface area contributed by atoms with E-state index in [1.54, 1.807) is 24.3 Å². The average Bonchev–Trinajstić information content (AvgIpc) is 2.53. The van der Waals surface area contributed by atoms with Gasteiger partial charge >= 0.3 is 0 Å². The van der Waals surface area contributed by atoms with Crippen LogP contribution >= 0.6 is 12.6 Å². The van der Waals surface area contributed by atoms with Crippen LogP contribution in [0.5, 0.6) is 0 Å². The first-order valence-corrected chi connectivity index (χ1v) is 8.56. The molecule has 0 saturated carbocycles. The Balaban J connectivity index is 2.64. The second-order valence-electron chi connectivity index (χ2n) is 4.73. The van der Waals surface area contributed by atoms with Crippen LogP contribution in [0.4, 0.5) is 17.1 Å². The molecule has 0 fully saturated rings. The Bertz CT molecular complexity index is 934. The lowest BCUT2D eigenvalue weighted by Crippen LogP contribution is -2.04. The van der Waals surface area contributed by atoms with Crippen LogP contribution < -0.4 is 5.73 Å². The Hall–Kier alpha value is -2.42. The molecule has 124 valence electrons. The molecule has 0 saturated heterocycles. The van der Waals surface area contributed by atoms with Gasteiger partial charge in [-0.1, -0.05) is 25.3 Å². The van der Waals surface area contributed by atoms with Crippen LogP contribution in [-0.4, -0.2) is 13.0 Å². The minimum absolute atomic E-state index is 0.0954. The molecule has 2 aromatic rings. The number of benzene rings is 2. The summed E-state index contributed by atoms with van der Waals surface area (Å²) in [6.45, 7) is 7.15. The Labute approximate surface area is 145 Å². The topological polar surface area (TPSA) is 105 Å². The van der Waals surface area contributed by atoms with E-state index < -0.39 is 10.1 Å². The molecule has 0 aliphatic heterocycles. The molecule has 0 aliphatic rings. The van der Waals surface area contributed by atoms with Gasteiger partial charge in [-0.2, -0.15) is 13.5 Å². The van der Waals surface area contributed by atoms with Gasteiger partial charge < -0.3 is 5.73 Å². The van der Waals surface area contributed by atoms with Gasteiger partial charge in [0, 0.05) is 16.0 Å². The Kier molecular flexibility index (Phi) is 5.23. The fourth-order valence-corrected chi connectivity index (χ4v) is 2.93. The summed E-state index contributed by atoms with van der Waals surface area (Å²) in [6, 6.07) is 8.00. The van der Waals surface area contributed by atoms with Crippen molar-refractivity contribution >= 4 is 52.0 Å². The monoisotopic (exact) mass is 361 g/mol. The van der Waals surface area contributed by atoms with Gasteiger partial charge in [0.15, 0.2) is 0 Å². The number of nitrogen functional groups attached to an aromatic ring is 1. The first kappa shape index (κ1) is 17.9. The molecule has 0 spiro atoms. The summed E-state index contributed by atoms with van der Waals surface area (Å²) in [5, 5.41) is 7.99. The zero-order chi connectivity index (χ0) is 17.9. The maximum absolute atomic E-state index is 11.6. The van der Waals surface area contributed by atoms with Gasteiger partial charge in [-0.15, -0.1) is 17.7 Å². The van der Waals surface area contributed by atoms with Gasteiger partial charge in [0.05, 0.1) is 11.4 Å². The summed E-state index contributed by atoms with van der Waals surface area (Å²) in [6.07, 6.45) is 2.65. The van der Waals surface area contributed by atoms with Gasteiger partial charge in [0.25, 0.3) is 10.1 Å². The number of anilines is 1. The zero-order valence-corrected chi connectivity index (χ0v) is 14.3. The highest BCUT2D eigenvalue weighted by molar-refractivity contribution is 7.86. The van der Waals surface area contributed by atoms with Gasteiger partial charge in [-0.25, -0.2) is 0 Å². The number of hydrogen-bond acceptors (Lipinski definition) is 6. The summed E-state index contributed by atoms with van der Waals surface area (Å²) >= 11 is 4.17. The lowest BCUT2D eigenvalue weighted by Gasteiger charge is -2.12. The third-order valence-electron chi connectivity index (χ3n) is 3.20. The minimum Gasteiger partial charge on any atom is -0.396 e. The number of nitrogens with two attached hydrogens (primary N) is 1. The van der Waals surface area contributed by atoms with E-state index in [4.69, 9.17) is 5.73 Å². The number of thiol groups is 1. The van der Waals surface area contributed by atoms with E-state index in [2.05, 4.69) is 36.0 Å². The molecule has 2 rings (SSSR count). The lowest BCUT2D eigenvalue weighted by molar-refractivity contribution is 0.483. The molecule has 8 heteroatoms. The molecule has 0 radical (unpaired) electrons. The van der Waals surface area contributed by atoms with Crippen molar-refractivity contribution in [3.63, 3.8) is 0 Å². The molecule has 3 N–H and O–H groups in total. The molecule has 2 aromatic carbocycles. The Morgan fingerprint density at radius 3 is 2.17 bits per heavy atom. The van der Waals surface area contributed by atoms with E-state index in [1.807, 2.05) is 0 Å². The molecule has 6 nitrogen and oxygen atoms in total. The largest absolute Gasteiger partial charge is 0.396 e. The molecule has 0 aliphatic carbocycles. The highest BCUT2D eigenvalue weighted by Gasteiger charge is 2.20. The summed E-state index contributed by atoms with van der Waals surface area (Å²) in [5.74, 6) is 0. The molecule has 0 atom stereocenters. The van der Waals surface area contributed by atoms with E-state index >= 15 is 0 Å². The Morgan fingerprint density at radius 2 is 1.67 bits per heavy atom. The normalized spacial score (nSPS) is 11.6. The molecule has 0 heterocycles. The number of rotatable bonds is 5. The van der Waals surface area contributed by atoms with Crippen molar-refractivity contribution in [2.75, 3.05) is 5.73 Å². The summed E-state index contributed by atoms with van der Waals surface area (Å²) in [5.41, 5.74) is 7.28. The van der Waals surface area contributed by atoms with Crippen molar-refractivity contribution < 1.29 is 13.0 Å². The van der Waals surface area contributed by atoms with E-state index in [1.165, 1.54) is 12.2 Å². The minimum atomic E-state index is -4.49. The molecule has 0 amide bonds. The summed E-state index contributed by atoms with van der Waals surface area (Å²) in [7, 11) is -4.49. The third kappa shape index (κ3) is 3.73. The maximum Gasteiger partial charge on any atom is 0.295 e. The van der Waals surface area contributed by atoms with Gasteiger partial charge in [0.1, 0.15) is 10.6 Å². The van der Waals surface area contributed by atoms with E-state index in [0.29, 0.717) is 11.3 Å². The standard InChI is InChI=1S/C16H15N3O3S2/c1-3-12-13(4-2)16(17)14(9-15(12)24(20,21)22)19-18-10-5-7-11(23)8-6-10/h3-9,23H,1-2,17H2,(H,20,21,22). The van der Waals surface area contributed by atoms with Crippen LogP contribution in [0, 0.1) is 0 Å². The fraction of sp³-hybridized carbons (Fsp3) is 0. The van der Waals surface area contributed by atoms with Crippen LogP contribution in [0.1, 0.15) is 11.1 Å². The van der Waals surface area contributed by atoms with Crippen LogP contribution in [0.25, 0.3) is 12.2 Å². The van der Waals surface area contributed by atoms with E-state index in [-0.39, 0.29) is 21.8 Å². The predicted molar refractivity (Wildman–Crippen MR) is 98.7 cm³/mol. The van der Waals surface area contributed by atoms with Crippen LogP contribution in [0.2, 0.25) is 0 Å². The second kappa shape index (κ2) is 7.00. The van der Waals surface area contributed by atoms with Gasteiger partial charge in [-0.3, -0.25) is 4.55 Å². The average molecular weight is 361 g/mol. The number of hydrogen-bond donors (Lipinski definition) is 3. The van der Waals surface area contributed by atoms with Crippen molar-refractivity contribution in [2.45, 2.75) is 9.79 Å². The van der Waals surface area contributed by atoms with Crippen LogP contribution in [0.15, 0.2) is 63.5 Å². The SMILES string of the molecule is C=Cc1c(S(=O)(=O)O)cc(N=Nc2ccc(S)cc2)c(N)c1C=C. The van der Waals surface area contributed by atoms with Gasteiger partial charge in [0.2, 0.25) is 0 Å². The molecular weight excluding hydrogens is 346 g/mol. The summed E-state index contributed by atoms with van der Waals surface area (Å²) in [4.78, 5) is 0.410. The molecule has 24 heavy (non-hydrogen) atoms. The maximum atomic E-state index is 11.6. The first-order valence-electron chi connectivity index (χ1n) is 6.67. The molecule has 0 bridgehead atoms. The van der Waals surface area contributed by atoms with Crippen molar-refractivity contribution in [3.8, 4) is 0 Å². The molecule has 0 unspecified atom stereocenters. The lowest BCUT2D eigenvalue weighted by atomic mass is 10.0. The Morgan fingerprint density at radius 1 is 1.08 bits per heavy atom. The van der Waals surface area contributed by atoms with Crippen LogP contribution in [0.3, 0.4) is 0 Å². The van der Waals surface area contributed by atoms with E-state index in [9.17, 15) is 13.0 Å². The van der Waals surface area contributed by atoms with Crippen LogP contribution in [-0.2, 0) is 10.1 Å². The zero-order valence-electron chi connectivity index (χ0n) is 12.5. The predicted octanol–water partition coefficient (Wildman–Crippen LogP) is 4.51. The van der Waals surface area contributed by atoms with Crippen molar-refractivity contribution in [3.05, 3.63) is 54.6 Å². The van der Waals surface area contributed by atoms with E-state index in [0.717, 1.165) is 11.0 Å². The molecule has 0 aromatic heterocycles. The summed E-state index contributed by atoms with van der Waals surface area (Å²) < 4.78 is 32.6. The number of azo groups is 1. The highest BCUT2D eigenvalue weighted by Crippen LogP contribution is 2.36. The van der Waals surface area contributed by atoms with Crippen molar-refractivity contribution in [2.24, 2.45) is 10.2 Å². The molecular formula is C16H15N3O3S2. The van der Waals surface area contributed by atoms with Crippen molar-refractivity contribution in [1.29, 1.82) is 0 Å². The first-order chi connectivity index (χ1) is 11.3. The number of nitrogens with zero attached hydrogens (tertiary/aromatic N) is 2. The second-order valence-corrected chi connectivity index (χ2v) is 6.64. The third-order valence-corrected chi connectivity index (χ3v) is 4.39. The quantitative estimate of drug-likeness (QED) is 0.315. The fourth-order valence-electron chi connectivity index (χ4n) is 2.05. The highest BCUT2D eigenvalue weighted by atomic mass is 32.2. The van der Waals surface area contributed by atoms with Crippen molar-refractivity contribution in [1.82, 2.24) is 0 Å². The van der Waals surface area contributed by atoms with Gasteiger partial charge in [-0.05, 0) is 30.3 Å².